The highest BCUT2D eigenvalue weighted by Gasteiger charge is 2.06. The minimum absolute atomic E-state index is 0.397. The number of nitrogens with one attached hydrogen (secondary N) is 2. The van der Waals surface area contributed by atoms with Crippen LogP contribution in [0.5, 0.6) is 0 Å². The van der Waals surface area contributed by atoms with E-state index in [0.29, 0.717) is 25.6 Å². The van der Waals surface area contributed by atoms with Gasteiger partial charge in [-0.3, -0.25) is 0 Å². The van der Waals surface area contributed by atoms with Gasteiger partial charge in [0, 0.05) is 26.3 Å². The Balaban J connectivity index is 2.09. The molecule has 0 bridgehead atoms. The van der Waals surface area contributed by atoms with Gasteiger partial charge in [-0.25, -0.2) is 9.97 Å². The van der Waals surface area contributed by atoms with Crippen LogP contribution in [0.1, 0.15) is 25.5 Å². The normalized spacial score (nSPS) is 10.6. The Morgan fingerprint density at radius 1 is 1.19 bits per heavy atom. The molecule has 0 saturated heterocycles. The average Bonchev–Trinajstić information content (AvgIpc) is 2.88. The number of aryl methyl sites for hydroxylation is 1. The molecule has 0 radical (unpaired) electrons. The largest absolute Gasteiger partial charge is 0.374 e. The summed E-state index contributed by atoms with van der Waals surface area (Å²) in [6, 6.07) is 1.87. The van der Waals surface area contributed by atoms with Gasteiger partial charge in [0.15, 0.2) is 11.6 Å². The maximum atomic E-state index is 5.37. The number of hydrogen-bond acceptors (Lipinski definition) is 7. The molecule has 2 aromatic heterocycles. The molecule has 0 aromatic carbocycles. The Morgan fingerprint density at radius 3 is 2.57 bits per heavy atom. The Hall–Kier alpha value is -2.22. The summed E-state index contributed by atoms with van der Waals surface area (Å²) in [5, 5.41) is 14.3. The molecule has 0 aliphatic heterocycles. The van der Waals surface area contributed by atoms with Crippen LogP contribution in [-0.4, -0.2) is 37.9 Å². The van der Waals surface area contributed by atoms with Gasteiger partial charge in [0.25, 0.3) is 0 Å². The molecular formula is C13H21N7O. The van der Waals surface area contributed by atoms with E-state index in [1.54, 1.807) is 6.33 Å². The molecule has 2 heterocycles. The van der Waals surface area contributed by atoms with E-state index < -0.39 is 0 Å². The first-order chi connectivity index (χ1) is 10.2. The smallest absolute Gasteiger partial charge is 0.158 e. The third kappa shape index (κ3) is 4.38. The van der Waals surface area contributed by atoms with Crippen molar-refractivity contribution in [3.05, 3.63) is 24.0 Å². The van der Waals surface area contributed by atoms with Gasteiger partial charge in [-0.15, -0.1) is 10.2 Å². The predicted octanol–water partition coefficient (Wildman–Crippen LogP) is 1.19. The number of nitrogens with zero attached hydrogens (tertiary/aromatic N) is 5. The van der Waals surface area contributed by atoms with Gasteiger partial charge in [-0.05, 0) is 13.8 Å². The van der Waals surface area contributed by atoms with Crippen LogP contribution in [0.25, 0.3) is 0 Å². The zero-order valence-electron chi connectivity index (χ0n) is 12.6. The van der Waals surface area contributed by atoms with Gasteiger partial charge in [0.1, 0.15) is 24.6 Å². The number of hydrogen-bond donors (Lipinski definition) is 2. The number of aromatic nitrogens is 5. The van der Waals surface area contributed by atoms with Crippen LogP contribution in [0.4, 0.5) is 11.6 Å². The lowest BCUT2D eigenvalue weighted by Gasteiger charge is -2.10. The quantitative estimate of drug-likeness (QED) is 0.755. The van der Waals surface area contributed by atoms with Crippen molar-refractivity contribution in [2.75, 3.05) is 23.8 Å². The second-order valence-corrected chi connectivity index (χ2v) is 4.43. The van der Waals surface area contributed by atoms with Crippen molar-refractivity contribution in [2.45, 2.75) is 27.0 Å². The molecular weight excluding hydrogens is 270 g/mol. The van der Waals surface area contributed by atoms with Crippen molar-refractivity contribution >= 4 is 11.6 Å². The van der Waals surface area contributed by atoms with Crippen LogP contribution in [0.15, 0.2) is 12.4 Å². The van der Waals surface area contributed by atoms with Crippen molar-refractivity contribution in [3.8, 4) is 0 Å². The van der Waals surface area contributed by atoms with Crippen molar-refractivity contribution in [2.24, 2.45) is 7.05 Å². The number of anilines is 2. The second kappa shape index (κ2) is 7.53. The molecule has 0 fully saturated rings. The van der Waals surface area contributed by atoms with Crippen molar-refractivity contribution < 1.29 is 4.74 Å². The Bertz CT molecular complexity index is 569. The molecule has 0 aliphatic rings. The molecule has 8 heteroatoms. The molecule has 0 amide bonds. The van der Waals surface area contributed by atoms with E-state index in [4.69, 9.17) is 4.74 Å². The molecule has 8 nitrogen and oxygen atoms in total. The first-order valence-electron chi connectivity index (χ1n) is 6.99. The Labute approximate surface area is 124 Å². The van der Waals surface area contributed by atoms with E-state index in [2.05, 4.69) is 30.8 Å². The lowest BCUT2D eigenvalue weighted by molar-refractivity contribution is 0.128. The molecule has 0 saturated carbocycles. The van der Waals surface area contributed by atoms with Gasteiger partial charge >= 0.3 is 0 Å². The zero-order valence-corrected chi connectivity index (χ0v) is 12.6. The zero-order chi connectivity index (χ0) is 15.1. The summed E-state index contributed by atoms with van der Waals surface area (Å²) in [6.07, 6.45) is 1.67. The molecule has 0 spiro atoms. The molecule has 0 aliphatic carbocycles. The molecule has 2 aromatic rings. The third-order valence-corrected chi connectivity index (χ3v) is 2.80. The maximum Gasteiger partial charge on any atom is 0.158 e. The molecule has 2 N–H and O–H groups in total. The summed E-state index contributed by atoms with van der Waals surface area (Å²) in [6.45, 7) is 6.35. The summed E-state index contributed by atoms with van der Waals surface area (Å²) in [4.78, 5) is 8.84. The van der Waals surface area contributed by atoms with Crippen LogP contribution < -0.4 is 10.6 Å². The van der Waals surface area contributed by atoms with Crippen molar-refractivity contribution in [1.82, 2.24) is 24.7 Å². The Morgan fingerprint density at radius 2 is 1.95 bits per heavy atom. The van der Waals surface area contributed by atoms with E-state index in [0.717, 1.165) is 24.0 Å². The lowest BCUT2D eigenvalue weighted by Crippen LogP contribution is -2.11. The highest BCUT2D eigenvalue weighted by atomic mass is 16.5. The first kappa shape index (κ1) is 15.2. The Kier molecular flexibility index (Phi) is 5.44. The van der Waals surface area contributed by atoms with Gasteiger partial charge in [0.2, 0.25) is 0 Å². The van der Waals surface area contributed by atoms with Crippen LogP contribution in [-0.2, 0) is 24.9 Å². The monoisotopic (exact) mass is 291 g/mol. The van der Waals surface area contributed by atoms with Crippen LogP contribution >= 0.6 is 0 Å². The van der Waals surface area contributed by atoms with E-state index in [1.165, 1.54) is 0 Å². The summed E-state index contributed by atoms with van der Waals surface area (Å²) in [7, 11) is 1.90. The molecule has 0 atom stereocenters. The number of rotatable bonds is 8. The average molecular weight is 291 g/mol. The van der Waals surface area contributed by atoms with Crippen LogP contribution in [0, 0.1) is 0 Å². The SMILES string of the molecule is CCNc1cc(NCc2nncn2C)nc(COCC)n1. The fourth-order valence-electron chi connectivity index (χ4n) is 1.75. The third-order valence-electron chi connectivity index (χ3n) is 2.80. The maximum absolute atomic E-state index is 5.37. The van der Waals surface area contributed by atoms with Crippen LogP contribution in [0.2, 0.25) is 0 Å². The molecule has 0 unspecified atom stereocenters. The fraction of sp³-hybridized carbons (Fsp3) is 0.538. The van der Waals surface area contributed by atoms with Gasteiger partial charge in [-0.2, -0.15) is 0 Å². The summed E-state index contributed by atoms with van der Waals surface area (Å²) in [5.74, 6) is 3.00. The number of ether oxygens (including phenoxy) is 1. The van der Waals surface area contributed by atoms with E-state index in [-0.39, 0.29) is 0 Å². The molecule has 21 heavy (non-hydrogen) atoms. The summed E-state index contributed by atoms with van der Waals surface area (Å²) in [5.41, 5.74) is 0. The van der Waals surface area contributed by atoms with E-state index >= 15 is 0 Å². The first-order valence-corrected chi connectivity index (χ1v) is 6.99. The van der Waals surface area contributed by atoms with Gasteiger partial charge < -0.3 is 19.9 Å². The minimum Gasteiger partial charge on any atom is -0.374 e. The van der Waals surface area contributed by atoms with Crippen molar-refractivity contribution in [1.29, 1.82) is 0 Å². The van der Waals surface area contributed by atoms with Crippen molar-refractivity contribution in [3.63, 3.8) is 0 Å². The topological polar surface area (TPSA) is 89.8 Å². The standard InChI is InChI=1S/C13H21N7O/c1-4-14-10-6-11(18-12(17-10)8-21-5-2)15-7-13-19-16-9-20(13)3/h6,9H,4-5,7-8H2,1-3H3,(H2,14,15,17,18). The fourth-order valence-corrected chi connectivity index (χ4v) is 1.75. The van der Waals surface area contributed by atoms with Crippen LogP contribution in [0.3, 0.4) is 0 Å². The highest BCUT2D eigenvalue weighted by Crippen LogP contribution is 2.12. The summed E-state index contributed by atoms with van der Waals surface area (Å²) >= 11 is 0. The molecule has 114 valence electrons. The molecule has 2 rings (SSSR count). The summed E-state index contributed by atoms with van der Waals surface area (Å²) < 4.78 is 7.23. The van der Waals surface area contributed by atoms with Gasteiger partial charge in [0.05, 0.1) is 6.54 Å². The lowest BCUT2D eigenvalue weighted by atomic mass is 10.4. The highest BCUT2D eigenvalue weighted by molar-refractivity contribution is 5.47. The van der Waals surface area contributed by atoms with E-state index in [9.17, 15) is 0 Å². The van der Waals surface area contributed by atoms with Gasteiger partial charge in [-0.1, -0.05) is 0 Å². The van der Waals surface area contributed by atoms with E-state index in [1.807, 2.05) is 31.5 Å². The predicted molar refractivity (Wildman–Crippen MR) is 79.9 cm³/mol. The second-order valence-electron chi connectivity index (χ2n) is 4.43. The minimum atomic E-state index is 0.397.